The van der Waals surface area contributed by atoms with Crippen LogP contribution in [-0.2, 0) is 28.6 Å². The Morgan fingerprint density at radius 1 is 1.03 bits per heavy atom. The Bertz CT molecular complexity index is 882. The van der Waals surface area contributed by atoms with Crippen LogP contribution in [0, 0.1) is 0 Å². The molecule has 1 aromatic carbocycles. The molecule has 1 aromatic rings. The van der Waals surface area contributed by atoms with Gasteiger partial charge in [-0.1, -0.05) is 15.9 Å². The van der Waals surface area contributed by atoms with Crippen LogP contribution in [0.15, 0.2) is 45.2 Å². The van der Waals surface area contributed by atoms with Crippen LogP contribution in [0.25, 0.3) is 0 Å². The first kappa shape index (κ1) is 23.5. The summed E-state index contributed by atoms with van der Waals surface area (Å²) in [4.78, 5) is 37.1. The number of benzene rings is 1. The van der Waals surface area contributed by atoms with E-state index in [0.29, 0.717) is 27.2 Å². The van der Waals surface area contributed by atoms with Crippen LogP contribution in [0.3, 0.4) is 0 Å². The van der Waals surface area contributed by atoms with Gasteiger partial charge in [0.15, 0.2) is 6.61 Å². The fourth-order valence-electron chi connectivity index (χ4n) is 3.28. The van der Waals surface area contributed by atoms with Crippen molar-refractivity contribution in [2.45, 2.75) is 26.7 Å². The summed E-state index contributed by atoms with van der Waals surface area (Å²) in [6, 6.07) is 5.10. The molecule has 1 aliphatic heterocycles. The molecule has 1 N–H and O–H groups in total. The van der Waals surface area contributed by atoms with E-state index in [2.05, 4.69) is 21.2 Å². The molecule has 2 rings (SSSR count). The van der Waals surface area contributed by atoms with E-state index >= 15 is 0 Å². The van der Waals surface area contributed by atoms with Crippen molar-refractivity contribution in [3.63, 3.8) is 0 Å². The van der Waals surface area contributed by atoms with Gasteiger partial charge in [-0.25, -0.2) is 14.4 Å². The number of nitrogens with one attached hydrogen (secondary N) is 1. The van der Waals surface area contributed by atoms with Gasteiger partial charge in [0, 0.05) is 21.4 Å². The summed E-state index contributed by atoms with van der Waals surface area (Å²) in [6.45, 7) is 5.04. The van der Waals surface area contributed by atoms with Crippen molar-refractivity contribution in [3.8, 4) is 5.75 Å². The number of allylic oxidation sites excluding steroid dienone is 2. The molecule has 1 aliphatic rings. The van der Waals surface area contributed by atoms with E-state index in [1.807, 2.05) is 0 Å². The molecule has 0 saturated heterocycles. The third-order valence-electron chi connectivity index (χ3n) is 4.50. The van der Waals surface area contributed by atoms with Gasteiger partial charge in [-0.15, -0.1) is 0 Å². The molecule has 0 aliphatic carbocycles. The lowest BCUT2D eigenvalue weighted by Gasteiger charge is -2.31. The van der Waals surface area contributed by atoms with Crippen LogP contribution in [0.2, 0.25) is 0 Å². The standard InChI is InChI=1S/C21H24BrNO7/c1-6-29-16(24)10-30-15-8-7-13(22)9-14(15)19-17(20(25)27-4)11(2)23-12(3)18(19)21(26)28-5/h7-9,19,23H,6,10H2,1-5H3. The number of hydrogen-bond donors (Lipinski definition) is 1. The van der Waals surface area contributed by atoms with Gasteiger partial charge in [-0.2, -0.15) is 0 Å². The molecule has 0 saturated carbocycles. The maximum Gasteiger partial charge on any atom is 0.344 e. The van der Waals surface area contributed by atoms with Gasteiger partial charge in [0.25, 0.3) is 0 Å². The molecule has 0 radical (unpaired) electrons. The van der Waals surface area contributed by atoms with Gasteiger partial charge in [-0.05, 0) is 39.0 Å². The molecule has 0 atom stereocenters. The molecule has 9 heteroatoms. The predicted molar refractivity (Wildman–Crippen MR) is 112 cm³/mol. The van der Waals surface area contributed by atoms with E-state index in [0.717, 1.165) is 0 Å². The predicted octanol–water partition coefficient (Wildman–Crippen LogP) is 2.97. The fourth-order valence-corrected chi connectivity index (χ4v) is 3.66. The molecule has 0 unspecified atom stereocenters. The van der Waals surface area contributed by atoms with E-state index in [9.17, 15) is 14.4 Å². The van der Waals surface area contributed by atoms with Crippen LogP contribution >= 0.6 is 15.9 Å². The lowest BCUT2D eigenvalue weighted by molar-refractivity contribution is -0.145. The highest BCUT2D eigenvalue weighted by atomic mass is 79.9. The largest absolute Gasteiger partial charge is 0.482 e. The zero-order valence-electron chi connectivity index (χ0n) is 17.5. The maximum atomic E-state index is 12.7. The SMILES string of the molecule is CCOC(=O)COc1ccc(Br)cc1C1C(C(=O)OC)=C(C)NC(C)=C1C(=O)OC. The van der Waals surface area contributed by atoms with Crippen LogP contribution in [-0.4, -0.2) is 45.3 Å². The third kappa shape index (κ3) is 5.02. The molecule has 8 nitrogen and oxygen atoms in total. The van der Waals surface area contributed by atoms with E-state index in [4.69, 9.17) is 18.9 Å². The molecule has 162 valence electrons. The van der Waals surface area contributed by atoms with Crippen molar-refractivity contribution in [3.05, 3.63) is 50.8 Å². The molecular weight excluding hydrogens is 458 g/mol. The highest BCUT2D eigenvalue weighted by Crippen LogP contribution is 2.43. The molecular formula is C21H24BrNO7. The average molecular weight is 482 g/mol. The van der Waals surface area contributed by atoms with Crippen LogP contribution in [0.1, 0.15) is 32.3 Å². The second kappa shape index (κ2) is 10.3. The quantitative estimate of drug-likeness (QED) is 0.468. The number of hydrogen-bond acceptors (Lipinski definition) is 8. The van der Waals surface area contributed by atoms with Crippen molar-refractivity contribution in [2.24, 2.45) is 0 Å². The third-order valence-corrected chi connectivity index (χ3v) is 5.00. The number of ether oxygens (including phenoxy) is 4. The van der Waals surface area contributed by atoms with Crippen LogP contribution in [0.5, 0.6) is 5.75 Å². The van der Waals surface area contributed by atoms with Crippen molar-refractivity contribution >= 4 is 33.8 Å². The second-order valence-corrected chi connectivity index (χ2v) is 7.31. The zero-order valence-corrected chi connectivity index (χ0v) is 19.0. The number of methoxy groups -OCH3 is 2. The number of halogens is 1. The smallest absolute Gasteiger partial charge is 0.344 e. The summed E-state index contributed by atoms with van der Waals surface area (Å²) in [7, 11) is 2.53. The average Bonchev–Trinajstić information content (AvgIpc) is 2.71. The van der Waals surface area contributed by atoms with E-state index in [1.54, 1.807) is 39.0 Å². The van der Waals surface area contributed by atoms with E-state index < -0.39 is 23.8 Å². The molecule has 0 fully saturated rings. The highest BCUT2D eigenvalue weighted by molar-refractivity contribution is 9.10. The Morgan fingerprint density at radius 3 is 2.10 bits per heavy atom. The van der Waals surface area contributed by atoms with Gasteiger partial charge in [-0.3, -0.25) is 0 Å². The summed E-state index contributed by atoms with van der Waals surface area (Å²) < 4.78 is 21.2. The first-order valence-corrected chi connectivity index (χ1v) is 9.97. The van der Waals surface area contributed by atoms with Gasteiger partial charge < -0.3 is 24.3 Å². The summed E-state index contributed by atoms with van der Waals surface area (Å²) >= 11 is 3.42. The zero-order chi connectivity index (χ0) is 22.4. The van der Waals surface area contributed by atoms with Crippen molar-refractivity contribution in [1.29, 1.82) is 0 Å². The van der Waals surface area contributed by atoms with Gasteiger partial charge in [0.05, 0.1) is 37.9 Å². The number of carbonyl (C=O) groups excluding carboxylic acids is 3. The Labute approximate surface area is 183 Å². The first-order chi connectivity index (χ1) is 14.2. The maximum absolute atomic E-state index is 12.7. The summed E-state index contributed by atoms with van der Waals surface area (Å²) in [5, 5.41) is 3.04. The van der Waals surface area contributed by atoms with Crippen molar-refractivity contribution in [1.82, 2.24) is 5.32 Å². The van der Waals surface area contributed by atoms with Crippen molar-refractivity contribution < 1.29 is 33.3 Å². The van der Waals surface area contributed by atoms with E-state index in [-0.39, 0.29) is 24.4 Å². The van der Waals surface area contributed by atoms with Crippen LogP contribution < -0.4 is 10.1 Å². The lowest BCUT2D eigenvalue weighted by atomic mass is 9.80. The van der Waals surface area contributed by atoms with Gasteiger partial charge in [0.1, 0.15) is 5.75 Å². The molecule has 0 bridgehead atoms. The topological polar surface area (TPSA) is 100 Å². The minimum atomic E-state index is -0.833. The Morgan fingerprint density at radius 2 is 1.60 bits per heavy atom. The summed E-state index contributed by atoms with van der Waals surface area (Å²) in [6.07, 6.45) is 0. The minimum Gasteiger partial charge on any atom is -0.482 e. The monoisotopic (exact) mass is 481 g/mol. The van der Waals surface area contributed by atoms with E-state index in [1.165, 1.54) is 14.2 Å². The number of carbonyl (C=O) groups is 3. The lowest BCUT2D eigenvalue weighted by Crippen LogP contribution is -2.32. The Balaban J connectivity index is 2.66. The summed E-state index contributed by atoms with van der Waals surface area (Å²) in [5.74, 6) is -2.25. The number of dihydropyridines is 1. The minimum absolute atomic E-state index is 0.229. The molecule has 30 heavy (non-hydrogen) atoms. The Kier molecular flexibility index (Phi) is 8.05. The second-order valence-electron chi connectivity index (χ2n) is 6.39. The molecule has 0 spiro atoms. The normalized spacial score (nSPS) is 14.2. The van der Waals surface area contributed by atoms with Gasteiger partial charge in [0.2, 0.25) is 0 Å². The molecule has 1 heterocycles. The number of rotatable bonds is 7. The number of esters is 3. The Hall–Kier alpha value is -2.81. The summed E-state index contributed by atoms with van der Waals surface area (Å²) in [5.41, 5.74) is 2.04. The fraction of sp³-hybridized carbons (Fsp3) is 0.381. The molecule has 0 aromatic heterocycles. The highest BCUT2D eigenvalue weighted by Gasteiger charge is 2.39. The van der Waals surface area contributed by atoms with Gasteiger partial charge >= 0.3 is 17.9 Å². The van der Waals surface area contributed by atoms with Crippen molar-refractivity contribution in [2.75, 3.05) is 27.4 Å². The molecule has 0 amide bonds. The first-order valence-electron chi connectivity index (χ1n) is 9.18. The van der Waals surface area contributed by atoms with Crippen LogP contribution in [0.4, 0.5) is 0 Å².